The molecule has 2 aromatic rings. The van der Waals surface area contributed by atoms with E-state index in [0.717, 1.165) is 16.0 Å². The van der Waals surface area contributed by atoms with E-state index >= 15 is 0 Å². The van der Waals surface area contributed by atoms with Crippen LogP contribution < -0.4 is 4.72 Å². The fourth-order valence-corrected chi connectivity index (χ4v) is 5.84. The number of ether oxygens (including phenoxy) is 2. The highest BCUT2D eigenvalue weighted by atomic mass is 32.2. The van der Waals surface area contributed by atoms with Crippen LogP contribution in [0.4, 0.5) is 4.79 Å². The quantitative estimate of drug-likeness (QED) is 0.478. The Bertz CT molecular complexity index is 1240. The van der Waals surface area contributed by atoms with Gasteiger partial charge in [0.15, 0.2) is 0 Å². The fourth-order valence-electron chi connectivity index (χ4n) is 3.52. The summed E-state index contributed by atoms with van der Waals surface area (Å²) >= 11 is 1.18. The lowest BCUT2D eigenvalue weighted by atomic mass is 10.0. The van der Waals surface area contributed by atoms with E-state index in [9.17, 15) is 18.0 Å². The van der Waals surface area contributed by atoms with Crippen LogP contribution in [0.5, 0.6) is 0 Å². The number of hydrogen-bond acceptors (Lipinski definition) is 7. The van der Waals surface area contributed by atoms with Crippen LogP contribution in [0, 0.1) is 0 Å². The summed E-state index contributed by atoms with van der Waals surface area (Å²) < 4.78 is 38.9. The standard InChI is InChI=1S/C26H32N2O6S2/c1-26(2,3)34-25(30)28-16-14-20(15-17-28)22-11-13-24(35-22)36(31,32)27-18-21(10-12-23(29)33-4)19-8-6-5-7-9-19/h5-9,11,13-14,18,27H,10,12,15-17H2,1-4H3/b21-18+. The Kier molecular flexibility index (Phi) is 8.97. The summed E-state index contributed by atoms with van der Waals surface area (Å²) in [5.41, 5.74) is 1.94. The largest absolute Gasteiger partial charge is 0.469 e. The summed E-state index contributed by atoms with van der Waals surface area (Å²) in [5, 5.41) is 0. The summed E-state index contributed by atoms with van der Waals surface area (Å²) in [6.45, 7) is 6.40. The molecule has 0 saturated heterocycles. The summed E-state index contributed by atoms with van der Waals surface area (Å²) in [6, 6.07) is 12.6. The van der Waals surface area contributed by atoms with E-state index in [4.69, 9.17) is 9.47 Å². The summed E-state index contributed by atoms with van der Waals surface area (Å²) in [6.07, 6.45) is 4.09. The first-order chi connectivity index (χ1) is 17.0. The fraction of sp³-hybridized carbons (Fsp3) is 0.385. The molecule has 0 atom stereocenters. The molecule has 0 spiro atoms. The molecular weight excluding hydrogens is 500 g/mol. The van der Waals surface area contributed by atoms with Crippen LogP contribution in [0.2, 0.25) is 0 Å². The summed E-state index contributed by atoms with van der Waals surface area (Å²) in [4.78, 5) is 26.4. The van der Waals surface area contributed by atoms with Crippen LogP contribution in [-0.4, -0.2) is 51.2 Å². The van der Waals surface area contributed by atoms with Crippen LogP contribution in [0.1, 0.15) is 50.5 Å². The molecule has 1 aliphatic rings. The molecule has 1 aliphatic heterocycles. The first-order valence-corrected chi connectivity index (χ1v) is 13.9. The Hall–Kier alpha value is -3.11. The van der Waals surface area contributed by atoms with Gasteiger partial charge in [0.25, 0.3) is 10.0 Å². The number of amides is 1. The Morgan fingerprint density at radius 2 is 1.83 bits per heavy atom. The van der Waals surface area contributed by atoms with Crippen molar-refractivity contribution in [2.75, 3.05) is 20.2 Å². The Balaban J connectivity index is 1.71. The molecular formula is C26H32N2O6S2. The molecule has 0 saturated carbocycles. The average molecular weight is 533 g/mol. The van der Waals surface area contributed by atoms with E-state index < -0.39 is 15.6 Å². The van der Waals surface area contributed by atoms with Gasteiger partial charge in [-0.15, -0.1) is 11.3 Å². The van der Waals surface area contributed by atoms with E-state index in [-0.39, 0.29) is 22.7 Å². The van der Waals surface area contributed by atoms with Gasteiger partial charge in [-0.2, -0.15) is 0 Å². The van der Waals surface area contributed by atoms with Crippen molar-refractivity contribution in [1.82, 2.24) is 9.62 Å². The van der Waals surface area contributed by atoms with Crippen molar-refractivity contribution in [2.24, 2.45) is 0 Å². The number of thiophene rings is 1. The summed E-state index contributed by atoms with van der Waals surface area (Å²) in [5.74, 6) is -0.367. The number of nitrogens with one attached hydrogen (secondary N) is 1. The molecule has 3 rings (SSSR count). The molecule has 0 radical (unpaired) electrons. The Labute approximate surface area is 216 Å². The molecule has 1 N–H and O–H groups in total. The highest BCUT2D eigenvalue weighted by Crippen LogP contribution is 2.31. The van der Waals surface area contributed by atoms with Gasteiger partial charge in [0.1, 0.15) is 9.81 Å². The second kappa shape index (κ2) is 11.7. The molecule has 0 unspecified atom stereocenters. The third-order valence-electron chi connectivity index (χ3n) is 5.38. The molecule has 1 aromatic carbocycles. The molecule has 2 heterocycles. The van der Waals surface area contributed by atoms with E-state index in [1.807, 2.05) is 57.2 Å². The monoisotopic (exact) mass is 532 g/mol. The zero-order valence-corrected chi connectivity index (χ0v) is 22.6. The van der Waals surface area contributed by atoms with Crippen molar-refractivity contribution < 1.29 is 27.5 Å². The van der Waals surface area contributed by atoms with Crippen molar-refractivity contribution in [3.8, 4) is 0 Å². The van der Waals surface area contributed by atoms with Gasteiger partial charge in [0, 0.05) is 30.6 Å². The molecule has 0 aliphatic carbocycles. The Morgan fingerprint density at radius 1 is 1.11 bits per heavy atom. The molecule has 0 fully saturated rings. The lowest BCUT2D eigenvalue weighted by molar-refractivity contribution is -0.140. The van der Waals surface area contributed by atoms with Crippen LogP contribution in [0.3, 0.4) is 0 Å². The number of rotatable bonds is 8. The second-order valence-corrected chi connectivity index (χ2v) is 12.3. The predicted molar refractivity (Wildman–Crippen MR) is 141 cm³/mol. The van der Waals surface area contributed by atoms with Gasteiger partial charge in [-0.25, -0.2) is 13.2 Å². The van der Waals surface area contributed by atoms with Gasteiger partial charge in [-0.3, -0.25) is 9.52 Å². The second-order valence-electron chi connectivity index (χ2n) is 9.26. The number of hydrogen-bond donors (Lipinski definition) is 1. The van der Waals surface area contributed by atoms with Crippen molar-refractivity contribution >= 4 is 44.6 Å². The van der Waals surface area contributed by atoms with Gasteiger partial charge < -0.3 is 14.4 Å². The van der Waals surface area contributed by atoms with E-state index in [1.165, 1.54) is 24.6 Å². The van der Waals surface area contributed by atoms with Gasteiger partial charge >= 0.3 is 12.1 Å². The van der Waals surface area contributed by atoms with Crippen LogP contribution in [-0.2, 0) is 24.3 Å². The van der Waals surface area contributed by atoms with Crippen molar-refractivity contribution in [1.29, 1.82) is 0 Å². The van der Waals surface area contributed by atoms with Crippen molar-refractivity contribution in [3.63, 3.8) is 0 Å². The van der Waals surface area contributed by atoms with Crippen LogP contribution in [0.15, 0.2) is 58.9 Å². The zero-order chi connectivity index (χ0) is 26.3. The average Bonchev–Trinajstić information content (AvgIpc) is 3.35. The highest BCUT2D eigenvalue weighted by Gasteiger charge is 2.25. The number of benzene rings is 1. The normalized spacial score (nSPS) is 14.7. The molecule has 8 nitrogen and oxygen atoms in total. The molecule has 36 heavy (non-hydrogen) atoms. The molecule has 1 aromatic heterocycles. The minimum atomic E-state index is -3.81. The SMILES string of the molecule is COC(=O)CC/C(=C\NS(=O)(=O)c1ccc(C2=CCN(C(=O)OC(C)(C)C)CC2)s1)c1ccccc1. The number of carbonyl (C=O) groups is 2. The minimum absolute atomic E-state index is 0.135. The molecule has 10 heteroatoms. The lowest BCUT2D eigenvalue weighted by Crippen LogP contribution is -2.39. The smallest absolute Gasteiger partial charge is 0.410 e. The number of methoxy groups -OCH3 is 1. The van der Waals surface area contributed by atoms with Gasteiger partial charge in [0.2, 0.25) is 0 Å². The number of sulfonamides is 1. The highest BCUT2D eigenvalue weighted by molar-refractivity contribution is 7.91. The molecule has 194 valence electrons. The number of esters is 1. The van der Waals surface area contributed by atoms with E-state index in [0.29, 0.717) is 31.5 Å². The van der Waals surface area contributed by atoms with Gasteiger partial charge in [-0.05, 0) is 62.5 Å². The minimum Gasteiger partial charge on any atom is -0.469 e. The predicted octanol–water partition coefficient (Wildman–Crippen LogP) is 5.04. The van der Waals surface area contributed by atoms with E-state index in [2.05, 4.69) is 4.72 Å². The van der Waals surface area contributed by atoms with Crippen molar-refractivity contribution in [3.05, 3.63) is 65.2 Å². The number of nitrogens with zero attached hydrogens (tertiary/aromatic N) is 1. The van der Waals surface area contributed by atoms with Gasteiger partial charge in [0.05, 0.1) is 7.11 Å². The van der Waals surface area contributed by atoms with Crippen molar-refractivity contribution in [2.45, 2.75) is 49.8 Å². The first-order valence-electron chi connectivity index (χ1n) is 11.6. The number of allylic oxidation sites excluding steroid dienone is 1. The van der Waals surface area contributed by atoms with Crippen LogP contribution in [0.25, 0.3) is 11.1 Å². The molecule has 0 bridgehead atoms. The maximum absolute atomic E-state index is 13.0. The topological polar surface area (TPSA) is 102 Å². The lowest BCUT2D eigenvalue weighted by Gasteiger charge is -2.29. The van der Waals surface area contributed by atoms with E-state index in [1.54, 1.807) is 17.0 Å². The third-order valence-corrected chi connectivity index (χ3v) is 8.34. The third kappa shape index (κ3) is 7.69. The maximum atomic E-state index is 13.0. The van der Waals surface area contributed by atoms with Gasteiger partial charge in [-0.1, -0.05) is 36.4 Å². The summed E-state index contributed by atoms with van der Waals surface area (Å²) in [7, 11) is -2.48. The first kappa shape index (κ1) is 27.5. The number of carbonyl (C=O) groups excluding carboxylic acids is 2. The maximum Gasteiger partial charge on any atom is 0.410 e. The Morgan fingerprint density at radius 3 is 2.44 bits per heavy atom. The van der Waals surface area contributed by atoms with Crippen LogP contribution >= 0.6 is 11.3 Å². The molecule has 1 amide bonds. The zero-order valence-electron chi connectivity index (χ0n) is 20.9.